The summed E-state index contributed by atoms with van der Waals surface area (Å²) in [7, 11) is 0. The van der Waals surface area contributed by atoms with Crippen LogP contribution < -0.4 is 21.3 Å². The van der Waals surface area contributed by atoms with Gasteiger partial charge in [0.2, 0.25) is 0 Å². The van der Waals surface area contributed by atoms with Crippen molar-refractivity contribution in [3.8, 4) is 0 Å². The Kier molecular flexibility index (Phi) is 7.42. The smallest absolute Gasteiger partial charge is 0.0840 e. The van der Waals surface area contributed by atoms with E-state index < -0.39 is 0 Å². The van der Waals surface area contributed by atoms with Gasteiger partial charge in [-0.1, -0.05) is 141 Å². The van der Waals surface area contributed by atoms with Crippen molar-refractivity contribution in [1.82, 2.24) is 21.3 Å². The maximum absolute atomic E-state index is 3.69. The van der Waals surface area contributed by atoms with E-state index in [1.165, 1.54) is 42.4 Å². The van der Waals surface area contributed by atoms with Crippen molar-refractivity contribution in [3.63, 3.8) is 0 Å². The highest BCUT2D eigenvalue weighted by molar-refractivity contribution is 8.50. The highest BCUT2D eigenvalue weighted by Gasteiger charge is 2.42. The first-order valence-electron chi connectivity index (χ1n) is 10.5. The molecular weight excluding hydrogens is 657 g/mol. The second-order valence-corrected chi connectivity index (χ2v) is 23.0. The average molecular weight is 673 g/mol. The fraction of sp³-hybridized carbons (Fsp3) is 0.444. The van der Waals surface area contributed by atoms with E-state index in [4.69, 9.17) is 0 Å². The highest BCUT2D eigenvalue weighted by atomic mass is 32.3. The number of fused-ring (bicyclic) bond motifs is 2. The Labute approximate surface area is 249 Å². The van der Waals surface area contributed by atoms with Gasteiger partial charge in [-0.15, -0.1) is 0 Å². The minimum Gasteiger partial charge on any atom is -0.302 e. The van der Waals surface area contributed by atoms with Gasteiger partial charge in [-0.25, -0.2) is 0 Å². The molecule has 34 heavy (non-hydrogen) atoms. The molecule has 0 bridgehead atoms. The van der Waals surface area contributed by atoms with E-state index in [-0.39, 0.29) is 0 Å². The summed E-state index contributed by atoms with van der Waals surface area (Å²) in [5, 5.41) is 16.7. The lowest BCUT2D eigenvalue weighted by Crippen LogP contribution is -2.53. The topological polar surface area (TPSA) is 48.1 Å². The van der Waals surface area contributed by atoms with E-state index in [1.807, 2.05) is 141 Å². The zero-order valence-electron chi connectivity index (χ0n) is 17.0. The van der Waals surface area contributed by atoms with Gasteiger partial charge in [-0.3, -0.25) is 0 Å². The molecule has 180 valence electrons. The van der Waals surface area contributed by atoms with Crippen LogP contribution >= 0.6 is 141 Å². The molecule has 2 saturated heterocycles. The Morgan fingerprint density at radius 2 is 0.529 bits per heavy atom. The van der Waals surface area contributed by atoms with E-state index in [1.54, 1.807) is 0 Å². The molecule has 8 heterocycles. The second kappa shape index (κ2) is 10.3. The third kappa shape index (κ3) is 4.60. The van der Waals surface area contributed by atoms with Crippen LogP contribution in [-0.4, -0.2) is 47.7 Å². The van der Waals surface area contributed by atoms with E-state index in [2.05, 4.69) is 21.3 Å². The van der Waals surface area contributed by atoms with Gasteiger partial charge in [-0.05, 0) is 0 Å². The normalized spacial score (nSPS) is 37.4. The first-order chi connectivity index (χ1) is 16.8. The molecule has 0 aromatic heterocycles. The van der Waals surface area contributed by atoms with Crippen LogP contribution in [0.5, 0.6) is 0 Å². The lowest BCUT2D eigenvalue weighted by atomic mass is 10.4. The summed E-state index contributed by atoms with van der Waals surface area (Å²) in [6.07, 6.45) is 0. The second-order valence-electron chi connectivity index (χ2n) is 7.66. The Hall–Kier alpha value is 2.74. The number of hydrogen-bond donors (Lipinski definition) is 4. The summed E-state index contributed by atoms with van der Waals surface area (Å²) in [4.78, 5) is 0. The van der Waals surface area contributed by atoms with E-state index in [0.29, 0.717) is 21.5 Å². The Balaban J connectivity index is 0.957. The summed E-state index contributed by atoms with van der Waals surface area (Å²) in [5.41, 5.74) is 0. The predicted octanol–water partition coefficient (Wildman–Crippen LogP) is 7.19. The third-order valence-electron chi connectivity index (χ3n) is 5.43. The number of nitrogens with one attached hydrogen (secondary N) is 4. The van der Waals surface area contributed by atoms with Crippen molar-refractivity contribution in [1.29, 1.82) is 0 Å². The van der Waals surface area contributed by atoms with E-state index >= 15 is 0 Å². The van der Waals surface area contributed by atoms with E-state index in [0.717, 1.165) is 26.2 Å². The Bertz CT molecular complexity index is 962. The number of rotatable bonds is 0. The minimum atomic E-state index is 0.485. The average Bonchev–Trinajstić information content (AvgIpc) is 3.46. The van der Waals surface area contributed by atoms with Gasteiger partial charge in [0.15, 0.2) is 0 Å². The SMILES string of the molecule is C1CNC2SC3=C(SC4=C(SC(=C5SC6=C(S5)SC5=C(S6)SC6NCCNC6S5)S4)S3)SC2N1. The monoisotopic (exact) mass is 672 g/mol. The zero-order valence-corrected chi connectivity index (χ0v) is 26.8. The van der Waals surface area contributed by atoms with Gasteiger partial charge in [-0.2, -0.15) is 0 Å². The number of thioether (sulfide) groups is 12. The van der Waals surface area contributed by atoms with Gasteiger partial charge < -0.3 is 21.3 Å². The molecule has 4 unspecified atom stereocenters. The van der Waals surface area contributed by atoms with Gasteiger partial charge in [0, 0.05) is 26.2 Å². The molecule has 0 aromatic carbocycles. The van der Waals surface area contributed by atoms with E-state index in [9.17, 15) is 0 Å². The van der Waals surface area contributed by atoms with Crippen LogP contribution in [-0.2, 0) is 0 Å². The van der Waals surface area contributed by atoms with Crippen LogP contribution in [0.3, 0.4) is 0 Å². The Morgan fingerprint density at radius 1 is 0.324 bits per heavy atom. The van der Waals surface area contributed by atoms with Crippen LogP contribution in [0, 0.1) is 0 Å². The summed E-state index contributed by atoms with van der Waals surface area (Å²) in [5.74, 6) is 0. The molecule has 4 N–H and O–H groups in total. The fourth-order valence-corrected chi connectivity index (χ4v) is 23.7. The Morgan fingerprint density at radius 3 is 0.765 bits per heavy atom. The summed E-state index contributed by atoms with van der Waals surface area (Å²) in [6.45, 7) is 4.26. The lowest BCUT2D eigenvalue weighted by Gasteiger charge is -2.38. The molecule has 4 nitrogen and oxygen atoms in total. The lowest BCUT2D eigenvalue weighted by molar-refractivity contribution is 0.481. The molecule has 0 spiro atoms. The van der Waals surface area contributed by atoms with Crippen LogP contribution in [0.25, 0.3) is 0 Å². The molecule has 0 aromatic rings. The third-order valence-corrected chi connectivity index (χ3v) is 24.2. The van der Waals surface area contributed by atoms with Gasteiger partial charge in [0.05, 0.1) is 63.9 Å². The summed E-state index contributed by atoms with van der Waals surface area (Å²) < 4.78 is 14.9. The first kappa shape index (κ1) is 24.5. The number of piperazine rings is 2. The van der Waals surface area contributed by atoms with Crippen LogP contribution in [0.1, 0.15) is 0 Å². The molecule has 8 aliphatic heterocycles. The van der Waals surface area contributed by atoms with Gasteiger partial charge >= 0.3 is 0 Å². The molecule has 16 heteroatoms. The molecule has 0 radical (unpaired) electrons. The standard InChI is InChI=1S/C18H16N4S12/c1-2-20-6-5(19-1)23-9-10(24-6)28-14-13(27-9)31-17(32-14)18-33-15-16(34-18)30-12-11(29-15)25-7-8(26-12)22-4-3-21-7/h5-8,19-22H,1-4H2. The van der Waals surface area contributed by atoms with Crippen molar-refractivity contribution in [3.05, 3.63) is 42.4 Å². The molecule has 0 aliphatic carbocycles. The molecular formula is C18H16N4S12. The first-order valence-corrected chi connectivity index (χ1v) is 20.6. The molecule has 0 saturated carbocycles. The number of hydrogen-bond acceptors (Lipinski definition) is 16. The molecule has 8 aliphatic rings. The van der Waals surface area contributed by atoms with Crippen molar-refractivity contribution in [2.24, 2.45) is 0 Å². The quantitative estimate of drug-likeness (QED) is 0.210. The molecule has 4 atom stereocenters. The molecule has 8 rings (SSSR count). The fourth-order valence-electron chi connectivity index (χ4n) is 3.91. The van der Waals surface area contributed by atoms with Crippen LogP contribution in [0.2, 0.25) is 0 Å². The molecule has 0 amide bonds. The van der Waals surface area contributed by atoms with Crippen molar-refractivity contribution >= 4 is 141 Å². The predicted molar refractivity (Wildman–Crippen MR) is 173 cm³/mol. The molecule has 2 fully saturated rings. The van der Waals surface area contributed by atoms with Crippen molar-refractivity contribution < 1.29 is 0 Å². The van der Waals surface area contributed by atoms with Gasteiger partial charge in [0.25, 0.3) is 0 Å². The van der Waals surface area contributed by atoms with Gasteiger partial charge in [0.1, 0.15) is 0 Å². The maximum atomic E-state index is 3.69. The highest BCUT2D eigenvalue weighted by Crippen LogP contribution is 2.74. The van der Waals surface area contributed by atoms with Crippen molar-refractivity contribution in [2.75, 3.05) is 26.2 Å². The summed E-state index contributed by atoms with van der Waals surface area (Å²) in [6, 6.07) is 0. The van der Waals surface area contributed by atoms with Crippen molar-refractivity contribution in [2.45, 2.75) is 21.5 Å². The maximum Gasteiger partial charge on any atom is 0.0840 e. The zero-order chi connectivity index (χ0) is 22.2. The van der Waals surface area contributed by atoms with Crippen LogP contribution in [0.4, 0.5) is 0 Å². The van der Waals surface area contributed by atoms with Crippen LogP contribution in [0.15, 0.2) is 42.4 Å². The largest absolute Gasteiger partial charge is 0.302 e. The minimum absolute atomic E-state index is 0.485. The summed E-state index contributed by atoms with van der Waals surface area (Å²) >= 11 is 24.2.